The van der Waals surface area contributed by atoms with E-state index in [0.29, 0.717) is 33.6 Å². The van der Waals surface area contributed by atoms with E-state index in [1.54, 1.807) is 66.7 Å². The second-order valence-corrected chi connectivity index (χ2v) is 10.3. The van der Waals surface area contributed by atoms with Crippen LogP contribution in [0, 0.1) is 6.92 Å². The van der Waals surface area contributed by atoms with Gasteiger partial charge in [0, 0.05) is 20.6 Å². The van der Waals surface area contributed by atoms with Crippen LogP contribution in [0.5, 0.6) is 0 Å². The molecular weight excluding hydrogens is 531 g/mol. The predicted octanol–water partition coefficient (Wildman–Crippen LogP) is 7.25. The molecule has 4 rings (SSSR count). The highest BCUT2D eigenvalue weighted by atomic mass is 35.5. The van der Waals surface area contributed by atoms with Crippen molar-refractivity contribution >= 4 is 64.1 Å². The van der Waals surface area contributed by atoms with Gasteiger partial charge in [-0.15, -0.1) is 0 Å². The molecule has 0 radical (unpaired) electrons. The van der Waals surface area contributed by atoms with Crippen LogP contribution < -0.4 is 10.2 Å². The third kappa shape index (κ3) is 6.18. The fourth-order valence-corrected chi connectivity index (χ4v) is 4.89. The number of hydrogen-bond acceptors (Lipinski definition) is 6. The Balaban J connectivity index is 1.64. The molecule has 0 aliphatic carbocycles. The first kappa shape index (κ1) is 26.8. The molecule has 2 amide bonds. The van der Waals surface area contributed by atoms with Crippen LogP contribution in [0.3, 0.4) is 0 Å². The molecule has 1 aliphatic rings. The highest BCUT2D eigenvalue weighted by Gasteiger charge is 2.40. The Morgan fingerprint density at radius 3 is 2.27 bits per heavy atom. The smallest absolute Gasteiger partial charge is 0.338 e. The first-order chi connectivity index (χ1) is 17.8. The standard InChI is InChI=1S/C28H24Cl2N2O4S/c1-3-4-15-36-28(35)18-5-10-21(11-6-18)32-26(33)24(31-23-14-9-20(30)16-17(23)2)25(27(32)34)37-22-12-7-19(29)8-13-22/h5-14,16,31H,3-4,15H2,1-2H3. The number of esters is 1. The topological polar surface area (TPSA) is 75.7 Å². The number of imide groups is 1. The number of nitrogens with one attached hydrogen (secondary N) is 1. The lowest BCUT2D eigenvalue weighted by Crippen LogP contribution is -2.32. The second kappa shape index (κ2) is 11.9. The van der Waals surface area contributed by atoms with E-state index >= 15 is 0 Å². The zero-order valence-electron chi connectivity index (χ0n) is 20.2. The molecule has 0 atom stereocenters. The normalized spacial score (nSPS) is 13.4. The summed E-state index contributed by atoms with van der Waals surface area (Å²) >= 11 is 13.3. The molecule has 0 bridgehead atoms. The molecule has 0 unspecified atom stereocenters. The lowest BCUT2D eigenvalue weighted by molar-refractivity contribution is -0.120. The number of rotatable bonds is 9. The number of carbonyl (C=O) groups excluding carboxylic acids is 3. The monoisotopic (exact) mass is 554 g/mol. The largest absolute Gasteiger partial charge is 0.462 e. The first-order valence-corrected chi connectivity index (χ1v) is 13.2. The quantitative estimate of drug-likeness (QED) is 0.170. The lowest BCUT2D eigenvalue weighted by Gasteiger charge is -2.16. The van der Waals surface area contributed by atoms with E-state index in [-0.39, 0.29) is 10.6 Å². The van der Waals surface area contributed by atoms with E-state index in [1.807, 2.05) is 13.8 Å². The highest BCUT2D eigenvalue weighted by molar-refractivity contribution is 8.04. The summed E-state index contributed by atoms with van der Waals surface area (Å²) in [5.41, 5.74) is 2.32. The molecule has 3 aromatic rings. The summed E-state index contributed by atoms with van der Waals surface area (Å²) in [6.07, 6.45) is 1.70. The lowest BCUT2D eigenvalue weighted by atomic mass is 10.2. The van der Waals surface area contributed by atoms with Gasteiger partial charge in [-0.2, -0.15) is 0 Å². The van der Waals surface area contributed by atoms with Crippen molar-refractivity contribution < 1.29 is 19.1 Å². The van der Waals surface area contributed by atoms with Gasteiger partial charge >= 0.3 is 5.97 Å². The van der Waals surface area contributed by atoms with Crippen LogP contribution in [0.1, 0.15) is 35.7 Å². The summed E-state index contributed by atoms with van der Waals surface area (Å²) in [4.78, 5) is 41.5. The zero-order valence-corrected chi connectivity index (χ0v) is 22.5. The first-order valence-electron chi connectivity index (χ1n) is 11.7. The number of carbonyl (C=O) groups is 3. The maximum Gasteiger partial charge on any atom is 0.338 e. The summed E-state index contributed by atoms with van der Waals surface area (Å²) in [5, 5.41) is 4.28. The number of anilines is 2. The van der Waals surface area contributed by atoms with Gasteiger partial charge in [-0.05, 0) is 85.6 Å². The number of hydrogen-bond donors (Lipinski definition) is 1. The van der Waals surface area contributed by atoms with E-state index in [4.69, 9.17) is 27.9 Å². The van der Waals surface area contributed by atoms with Crippen molar-refractivity contribution in [2.75, 3.05) is 16.8 Å². The summed E-state index contributed by atoms with van der Waals surface area (Å²) in [7, 11) is 0. The zero-order chi connectivity index (χ0) is 26.5. The number of thioether (sulfide) groups is 1. The van der Waals surface area contributed by atoms with Gasteiger partial charge in [0.2, 0.25) is 0 Å². The van der Waals surface area contributed by atoms with Gasteiger partial charge in [0.05, 0.1) is 17.9 Å². The predicted molar refractivity (Wildman–Crippen MR) is 148 cm³/mol. The Bertz CT molecular complexity index is 1370. The summed E-state index contributed by atoms with van der Waals surface area (Å²) < 4.78 is 5.24. The minimum atomic E-state index is -0.505. The third-order valence-electron chi connectivity index (χ3n) is 5.62. The molecule has 0 spiro atoms. The molecule has 0 saturated carbocycles. The number of unbranched alkanes of at least 4 members (excludes halogenated alkanes) is 1. The van der Waals surface area contributed by atoms with Gasteiger partial charge in [-0.1, -0.05) is 48.3 Å². The number of ether oxygens (including phenoxy) is 1. The minimum absolute atomic E-state index is 0.151. The van der Waals surface area contributed by atoms with Crippen molar-refractivity contribution in [3.05, 3.63) is 98.5 Å². The fraction of sp³-hybridized carbons (Fsp3) is 0.179. The van der Waals surface area contributed by atoms with Crippen LogP contribution in [-0.2, 0) is 14.3 Å². The summed E-state index contributed by atoms with van der Waals surface area (Å²) in [5.74, 6) is -1.43. The number of halogens is 2. The van der Waals surface area contributed by atoms with Gasteiger partial charge in [-0.3, -0.25) is 9.59 Å². The molecule has 3 aromatic carbocycles. The Kier molecular flexibility index (Phi) is 8.59. The summed E-state index contributed by atoms with van der Waals surface area (Å²) in [6, 6.07) is 18.5. The molecule has 0 fully saturated rings. The molecule has 1 heterocycles. The fourth-order valence-electron chi connectivity index (χ4n) is 3.61. The van der Waals surface area contributed by atoms with Crippen LogP contribution in [0.25, 0.3) is 0 Å². The van der Waals surface area contributed by atoms with Crippen LogP contribution >= 0.6 is 35.0 Å². The van der Waals surface area contributed by atoms with Crippen LogP contribution in [0.2, 0.25) is 10.0 Å². The molecular formula is C28H24Cl2N2O4S. The van der Waals surface area contributed by atoms with Gasteiger partial charge in [0.25, 0.3) is 11.8 Å². The van der Waals surface area contributed by atoms with Gasteiger partial charge < -0.3 is 10.1 Å². The third-order valence-corrected chi connectivity index (χ3v) is 7.19. The van der Waals surface area contributed by atoms with Gasteiger partial charge in [0.15, 0.2) is 0 Å². The maximum atomic E-state index is 13.6. The van der Waals surface area contributed by atoms with Crippen molar-refractivity contribution in [1.29, 1.82) is 0 Å². The van der Waals surface area contributed by atoms with Crippen LogP contribution in [0.15, 0.2) is 82.2 Å². The SMILES string of the molecule is CCCCOC(=O)c1ccc(N2C(=O)C(Nc3ccc(Cl)cc3C)=C(Sc3ccc(Cl)cc3)C2=O)cc1. The molecule has 1 aliphatic heterocycles. The van der Waals surface area contributed by atoms with Crippen LogP contribution in [-0.4, -0.2) is 24.4 Å². The van der Waals surface area contributed by atoms with Crippen molar-refractivity contribution in [1.82, 2.24) is 0 Å². The molecule has 1 N–H and O–H groups in total. The van der Waals surface area contributed by atoms with E-state index in [9.17, 15) is 14.4 Å². The molecule has 6 nitrogen and oxygen atoms in total. The Hall–Kier alpha value is -3.26. The molecule has 0 aromatic heterocycles. The molecule has 37 heavy (non-hydrogen) atoms. The maximum absolute atomic E-state index is 13.6. The van der Waals surface area contributed by atoms with Crippen molar-refractivity contribution in [2.24, 2.45) is 0 Å². The van der Waals surface area contributed by atoms with Crippen molar-refractivity contribution in [2.45, 2.75) is 31.6 Å². The number of benzene rings is 3. The number of aryl methyl sites for hydroxylation is 1. The van der Waals surface area contributed by atoms with Crippen LogP contribution in [0.4, 0.5) is 11.4 Å². The van der Waals surface area contributed by atoms with Gasteiger partial charge in [-0.25, -0.2) is 9.69 Å². The van der Waals surface area contributed by atoms with Crippen molar-refractivity contribution in [3.63, 3.8) is 0 Å². The Morgan fingerprint density at radius 2 is 1.62 bits per heavy atom. The molecule has 0 saturated heterocycles. The molecule has 9 heteroatoms. The minimum Gasteiger partial charge on any atom is -0.462 e. The average molecular weight is 555 g/mol. The number of nitrogens with zero attached hydrogens (tertiary/aromatic N) is 1. The van der Waals surface area contributed by atoms with E-state index in [1.165, 1.54) is 11.8 Å². The van der Waals surface area contributed by atoms with Crippen molar-refractivity contribution in [3.8, 4) is 0 Å². The average Bonchev–Trinajstić information content (AvgIpc) is 3.11. The second-order valence-electron chi connectivity index (χ2n) is 8.33. The molecule has 190 valence electrons. The van der Waals surface area contributed by atoms with E-state index in [2.05, 4.69) is 5.32 Å². The van der Waals surface area contributed by atoms with E-state index < -0.39 is 17.8 Å². The highest BCUT2D eigenvalue weighted by Crippen LogP contribution is 2.38. The van der Waals surface area contributed by atoms with Gasteiger partial charge in [0.1, 0.15) is 10.6 Å². The van der Waals surface area contributed by atoms with E-state index in [0.717, 1.165) is 28.2 Å². The number of amides is 2. The Morgan fingerprint density at radius 1 is 0.946 bits per heavy atom. The summed E-state index contributed by atoms with van der Waals surface area (Å²) in [6.45, 7) is 4.21. The Labute approximate surface area is 229 Å².